The van der Waals surface area contributed by atoms with Crippen molar-refractivity contribution >= 4 is 35.2 Å². The Labute approximate surface area is 174 Å². The highest BCUT2D eigenvalue weighted by molar-refractivity contribution is 6.42. The number of carbonyl (C=O) groups is 1. The predicted molar refractivity (Wildman–Crippen MR) is 111 cm³/mol. The fraction of sp³-hybridized carbons (Fsp3) is 0.238. The topological polar surface area (TPSA) is 71.3 Å². The third kappa shape index (κ3) is 5.91. The molecular formula is C21H20Cl2N2O3. The van der Waals surface area contributed by atoms with E-state index in [-0.39, 0.29) is 18.2 Å². The van der Waals surface area contributed by atoms with Crippen molar-refractivity contribution in [3.63, 3.8) is 0 Å². The van der Waals surface area contributed by atoms with Crippen LogP contribution in [0.3, 0.4) is 0 Å². The summed E-state index contributed by atoms with van der Waals surface area (Å²) in [4.78, 5) is 12.0. The number of hydrogen-bond donors (Lipinski definition) is 1. The van der Waals surface area contributed by atoms with Crippen molar-refractivity contribution in [1.82, 2.24) is 5.32 Å². The summed E-state index contributed by atoms with van der Waals surface area (Å²) >= 11 is 11.9. The van der Waals surface area contributed by atoms with Gasteiger partial charge in [-0.1, -0.05) is 35.3 Å². The zero-order valence-electron chi connectivity index (χ0n) is 15.8. The Kier molecular flexibility index (Phi) is 7.74. The van der Waals surface area contributed by atoms with E-state index in [4.69, 9.17) is 32.7 Å². The van der Waals surface area contributed by atoms with Crippen LogP contribution in [0.5, 0.6) is 11.5 Å². The third-order valence-electron chi connectivity index (χ3n) is 3.66. The summed E-state index contributed by atoms with van der Waals surface area (Å²) < 4.78 is 11.2. The van der Waals surface area contributed by atoms with Crippen LogP contribution in [0.2, 0.25) is 10.0 Å². The van der Waals surface area contributed by atoms with Gasteiger partial charge in [-0.05, 0) is 55.3 Å². The lowest BCUT2D eigenvalue weighted by Crippen LogP contribution is -2.30. The second-order valence-corrected chi connectivity index (χ2v) is 7.06. The van der Waals surface area contributed by atoms with Crippen LogP contribution >= 0.6 is 23.2 Å². The molecule has 7 heteroatoms. The first-order valence-electron chi connectivity index (χ1n) is 8.51. The Balaban J connectivity index is 2.19. The van der Waals surface area contributed by atoms with Gasteiger partial charge in [0.2, 0.25) is 0 Å². The highest BCUT2D eigenvalue weighted by Gasteiger charge is 2.12. The Morgan fingerprint density at radius 2 is 1.93 bits per heavy atom. The number of hydrogen-bond acceptors (Lipinski definition) is 4. The molecule has 2 rings (SSSR count). The number of nitrogens with one attached hydrogen (secondary N) is 1. The molecule has 5 nitrogen and oxygen atoms in total. The minimum absolute atomic E-state index is 0.0141. The van der Waals surface area contributed by atoms with Crippen LogP contribution in [0.4, 0.5) is 0 Å². The molecule has 0 fully saturated rings. The van der Waals surface area contributed by atoms with Gasteiger partial charge in [0.1, 0.15) is 18.2 Å². The van der Waals surface area contributed by atoms with Crippen molar-refractivity contribution in [2.75, 3.05) is 7.11 Å². The zero-order valence-corrected chi connectivity index (χ0v) is 17.3. The van der Waals surface area contributed by atoms with Crippen molar-refractivity contribution in [3.8, 4) is 17.6 Å². The number of ether oxygens (including phenoxy) is 2. The molecule has 0 aliphatic carbocycles. The van der Waals surface area contributed by atoms with Gasteiger partial charge in [-0.2, -0.15) is 5.26 Å². The first-order chi connectivity index (χ1) is 13.3. The van der Waals surface area contributed by atoms with Gasteiger partial charge in [0.05, 0.1) is 17.2 Å². The van der Waals surface area contributed by atoms with E-state index in [1.165, 1.54) is 13.2 Å². The lowest BCUT2D eigenvalue weighted by atomic mass is 10.1. The van der Waals surface area contributed by atoms with E-state index in [9.17, 15) is 10.1 Å². The quantitative estimate of drug-likeness (QED) is 0.506. The molecule has 0 aromatic heterocycles. The molecule has 0 unspecified atom stereocenters. The lowest BCUT2D eigenvalue weighted by molar-refractivity contribution is -0.117. The van der Waals surface area contributed by atoms with Gasteiger partial charge in [-0.25, -0.2) is 0 Å². The number of nitrogens with zero attached hydrogens (tertiary/aromatic N) is 1. The molecule has 0 saturated heterocycles. The van der Waals surface area contributed by atoms with E-state index in [0.717, 1.165) is 5.56 Å². The normalized spacial score (nSPS) is 11.1. The van der Waals surface area contributed by atoms with Gasteiger partial charge in [-0.3, -0.25) is 4.79 Å². The number of rotatable bonds is 7. The molecule has 2 aromatic carbocycles. The summed E-state index contributed by atoms with van der Waals surface area (Å²) in [6, 6.07) is 12.3. The number of nitriles is 1. The molecule has 1 amide bonds. The van der Waals surface area contributed by atoms with Crippen molar-refractivity contribution in [2.45, 2.75) is 26.5 Å². The predicted octanol–water partition coefficient (Wildman–Crippen LogP) is 5.01. The number of amides is 1. The minimum Gasteiger partial charge on any atom is -0.493 e. The summed E-state index contributed by atoms with van der Waals surface area (Å²) in [6.07, 6.45) is 1.50. The zero-order chi connectivity index (χ0) is 20.7. The molecule has 1 N–H and O–H groups in total. The second kappa shape index (κ2) is 10.0. The Bertz CT molecular complexity index is 934. The van der Waals surface area contributed by atoms with Gasteiger partial charge >= 0.3 is 0 Å². The summed E-state index contributed by atoms with van der Waals surface area (Å²) in [5, 5.41) is 12.9. The Morgan fingerprint density at radius 1 is 1.18 bits per heavy atom. The number of benzene rings is 2. The van der Waals surface area contributed by atoms with E-state index in [1.54, 1.807) is 30.3 Å². The summed E-state index contributed by atoms with van der Waals surface area (Å²) in [5.41, 5.74) is 1.52. The number of halogens is 2. The maximum atomic E-state index is 12.0. The molecule has 0 spiro atoms. The molecule has 0 bridgehead atoms. The molecular weight excluding hydrogens is 399 g/mol. The van der Waals surface area contributed by atoms with E-state index >= 15 is 0 Å². The van der Waals surface area contributed by atoms with Crippen molar-refractivity contribution in [3.05, 3.63) is 63.1 Å². The van der Waals surface area contributed by atoms with Gasteiger partial charge in [-0.15, -0.1) is 0 Å². The van der Waals surface area contributed by atoms with Crippen LogP contribution in [0.1, 0.15) is 25.0 Å². The Hall–Kier alpha value is -2.68. The average Bonchev–Trinajstić information content (AvgIpc) is 2.66. The van der Waals surface area contributed by atoms with Crippen LogP contribution in [0.25, 0.3) is 6.08 Å². The average molecular weight is 419 g/mol. The van der Waals surface area contributed by atoms with Crippen molar-refractivity contribution in [1.29, 1.82) is 5.26 Å². The molecule has 28 heavy (non-hydrogen) atoms. The van der Waals surface area contributed by atoms with Crippen LogP contribution < -0.4 is 14.8 Å². The first-order valence-corrected chi connectivity index (χ1v) is 9.27. The van der Waals surface area contributed by atoms with E-state index in [2.05, 4.69) is 5.32 Å². The number of carbonyl (C=O) groups excluding carboxylic acids is 1. The molecule has 0 aliphatic rings. The van der Waals surface area contributed by atoms with Crippen LogP contribution in [0.15, 0.2) is 42.0 Å². The monoisotopic (exact) mass is 418 g/mol. The van der Waals surface area contributed by atoms with E-state index in [1.807, 2.05) is 26.0 Å². The van der Waals surface area contributed by atoms with Crippen LogP contribution in [-0.2, 0) is 11.4 Å². The SMILES string of the molecule is COc1cc(/C=C(/C#N)C(=O)NC(C)C)ccc1OCc1ccc(Cl)c(Cl)c1. The van der Waals surface area contributed by atoms with Gasteiger partial charge in [0.25, 0.3) is 5.91 Å². The van der Waals surface area contributed by atoms with Gasteiger partial charge < -0.3 is 14.8 Å². The fourth-order valence-corrected chi connectivity index (χ4v) is 2.66. The van der Waals surface area contributed by atoms with E-state index in [0.29, 0.717) is 27.1 Å². The molecule has 2 aromatic rings. The standard InChI is InChI=1S/C21H20Cl2N2O3/c1-13(2)25-21(26)16(11-24)8-14-5-7-19(20(10-14)27-3)28-12-15-4-6-17(22)18(23)9-15/h4-10,13H,12H2,1-3H3,(H,25,26)/b16-8-. The lowest BCUT2D eigenvalue weighted by Gasteiger charge is -2.12. The van der Waals surface area contributed by atoms with Crippen molar-refractivity contribution < 1.29 is 14.3 Å². The van der Waals surface area contributed by atoms with Crippen molar-refractivity contribution in [2.24, 2.45) is 0 Å². The summed E-state index contributed by atoms with van der Waals surface area (Å²) in [5.74, 6) is 0.586. The minimum atomic E-state index is -0.420. The molecule has 0 saturated carbocycles. The maximum absolute atomic E-state index is 12.0. The molecule has 0 radical (unpaired) electrons. The summed E-state index contributed by atoms with van der Waals surface area (Å²) in [6.45, 7) is 3.94. The molecule has 146 valence electrons. The largest absolute Gasteiger partial charge is 0.493 e. The smallest absolute Gasteiger partial charge is 0.262 e. The molecule has 0 aliphatic heterocycles. The van der Waals surface area contributed by atoms with Crippen LogP contribution in [-0.4, -0.2) is 19.1 Å². The third-order valence-corrected chi connectivity index (χ3v) is 4.40. The first kappa shape index (κ1) is 21.6. The molecule has 0 atom stereocenters. The fourth-order valence-electron chi connectivity index (χ4n) is 2.34. The maximum Gasteiger partial charge on any atom is 0.262 e. The highest BCUT2D eigenvalue weighted by atomic mass is 35.5. The number of methoxy groups -OCH3 is 1. The van der Waals surface area contributed by atoms with Crippen LogP contribution in [0, 0.1) is 11.3 Å². The van der Waals surface area contributed by atoms with Gasteiger partial charge in [0, 0.05) is 6.04 Å². The summed E-state index contributed by atoms with van der Waals surface area (Å²) in [7, 11) is 1.52. The molecule has 0 heterocycles. The Morgan fingerprint density at radius 3 is 2.54 bits per heavy atom. The van der Waals surface area contributed by atoms with E-state index < -0.39 is 5.91 Å². The van der Waals surface area contributed by atoms with Gasteiger partial charge in [0.15, 0.2) is 11.5 Å². The highest BCUT2D eigenvalue weighted by Crippen LogP contribution is 2.30. The second-order valence-electron chi connectivity index (χ2n) is 6.25.